The highest BCUT2D eigenvalue weighted by molar-refractivity contribution is 5.97. The Balaban J connectivity index is 1.29. The number of amides is 1. The van der Waals surface area contributed by atoms with Gasteiger partial charge >= 0.3 is 0 Å². The highest BCUT2D eigenvalue weighted by Gasteiger charge is 2.50. The number of nitrogens with zero attached hydrogens (tertiary/aromatic N) is 1. The molecule has 1 saturated heterocycles. The van der Waals surface area contributed by atoms with E-state index in [0.717, 1.165) is 42.3 Å². The third-order valence-corrected chi connectivity index (χ3v) is 9.75. The second-order valence-electron chi connectivity index (χ2n) is 13.2. The number of rotatable bonds is 14. The summed E-state index contributed by atoms with van der Waals surface area (Å²) in [4.78, 5) is 61.1. The number of aromatic amines is 1. The molecule has 3 aliphatic rings. The Hall–Kier alpha value is -2.91. The van der Waals surface area contributed by atoms with Gasteiger partial charge in [0.05, 0.1) is 36.1 Å². The fourth-order valence-electron chi connectivity index (χ4n) is 6.86. The second kappa shape index (κ2) is 13.2. The van der Waals surface area contributed by atoms with Crippen LogP contribution in [0, 0.1) is 23.7 Å². The average molecular weight is 580 g/mol. The minimum atomic E-state index is -0.827. The fourth-order valence-corrected chi connectivity index (χ4v) is 6.86. The summed E-state index contributed by atoms with van der Waals surface area (Å²) in [5.74, 6) is -1.22. The van der Waals surface area contributed by atoms with Crippen LogP contribution in [0.2, 0.25) is 0 Å². The molecule has 4 atom stereocenters. The predicted octanol–water partition coefficient (Wildman–Crippen LogP) is 4.25. The number of hydrogen-bond acceptors (Lipinski definition) is 7. The summed E-state index contributed by atoms with van der Waals surface area (Å²) in [6, 6.07) is 4.89. The SMILES string of the molecule is C[C@@H](CC(=O)C1CCC(O)CC1)C(=O)N[C@@H](Cc1ccc2nc[nH]c2c1)C(=O)C[C@@H](CC1CCCC1)C(=O)[C@@]1(C)CO1. The number of ether oxygens (including phenoxy) is 1. The third kappa shape index (κ3) is 7.53. The Morgan fingerprint density at radius 1 is 1.10 bits per heavy atom. The number of ketones is 3. The van der Waals surface area contributed by atoms with Crippen LogP contribution < -0.4 is 5.32 Å². The Labute approximate surface area is 247 Å². The molecule has 0 spiro atoms. The van der Waals surface area contributed by atoms with Gasteiger partial charge in [-0.15, -0.1) is 0 Å². The van der Waals surface area contributed by atoms with Gasteiger partial charge in [0.15, 0.2) is 11.6 Å². The van der Waals surface area contributed by atoms with Gasteiger partial charge in [0.2, 0.25) is 5.91 Å². The Morgan fingerprint density at radius 2 is 1.81 bits per heavy atom. The fraction of sp³-hybridized carbons (Fsp3) is 0.667. The standard InChI is InChI=1S/C33H45N3O6/c1-20(13-29(38)23-8-10-25(37)11-9-23)32(41)36-28(16-22-7-12-26-27(15-22)35-19-34-26)30(39)17-24(14-21-5-3-4-6-21)31(40)33(2)18-42-33/h7,12,15,19-21,23-25,28,37H,3-6,8-11,13-14,16-18H2,1-2H3,(H,34,35)(H,36,41)/t20-,23?,24+,25?,28-,33+/m0/s1. The number of imidazole rings is 1. The van der Waals surface area contributed by atoms with Gasteiger partial charge in [0.1, 0.15) is 11.4 Å². The summed E-state index contributed by atoms with van der Waals surface area (Å²) in [7, 11) is 0. The van der Waals surface area contributed by atoms with Crippen molar-refractivity contribution in [3.63, 3.8) is 0 Å². The first-order chi connectivity index (χ1) is 20.1. The minimum Gasteiger partial charge on any atom is -0.393 e. The monoisotopic (exact) mass is 579 g/mol. The number of hydrogen-bond donors (Lipinski definition) is 3. The highest BCUT2D eigenvalue weighted by atomic mass is 16.6. The lowest BCUT2D eigenvalue weighted by Gasteiger charge is -2.26. The molecule has 5 rings (SSSR count). The predicted molar refractivity (Wildman–Crippen MR) is 158 cm³/mol. The Kier molecular flexibility index (Phi) is 9.57. The molecule has 2 heterocycles. The van der Waals surface area contributed by atoms with Crippen LogP contribution in [-0.2, 0) is 30.3 Å². The summed E-state index contributed by atoms with van der Waals surface area (Å²) in [6.45, 7) is 3.91. The number of aromatic nitrogens is 2. The summed E-state index contributed by atoms with van der Waals surface area (Å²) in [5, 5.41) is 12.7. The molecule has 1 amide bonds. The maximum Gasteiger partial charge on any atom is 0.223 e. The smallest absolute Gasteiger partial charge is 0.223 e. The molecule has 1 aromatic carbocycles. The summed E-state index contributed by atoms with van der Waals surface area (Å²) < 4.78 is 5.48. The van der Waals surface area contributed by atoms with Gasteiger partial charge in [-0.2, -0.15) is 0 Å². The molecule has 0 radical (unpaired) electrons. The molecule has 2 aromatic rings. The number of aliphatic hydroxyl groups is 1. The Bertz CT molecular complexity index is 1290. The van der Waals surface area contributed by atoms with Crippen LogP contribution in [-0.4, -0.2) is 62.7 Å². The molecule has 3 fully saturated rings. The van der Waals surface area contributed by atoms with E-state index in [0.29, 0.717) is 44.6 Å². The number of nitrogens with one attached hydrogen (secondary N) is 2. The van der Waals surface area contributed by atoms with Crippen molar-refractivity contribution in [3.05, 3.63) is 30.1 Å². The van der Waals surface area contributed by atoms with Gasteiger partial charge in [-0.25, -0.2) is 4.98 Å². The largest absolute Gasteiger partial charge is 0.393 e. The minimum absolute atomic E-state index is 0.0109. The number of epoxide rings is 1. The molecular weight excluding hydrogens is 534 g/mol. The number of H-pyrrole nitrogens is 1. The van der Waals surface area contributed by atoms with E-state index in [9.17, 15) is 24.3 Å². The van der Waals surface area contributed by atoms with E-state index in [2.05, 4.69) is 15.3 Å². The molecule has 2 aliphatic carbocycles. The van der Waals surface area contributed by atoms with Crippen LogP contribution in [0.3, 0.4) is 0 Å². The van der Waals surface area contributed by atoms with Gasteiger partial charge in [0, 0.05) is 30.6 Å². The number of fused-ring (bicyclic) bond motifs is 1. The van der Waals surface area contributed by atoms with Crippen molar-refractivity contribution in [2.45, 2.75) is 109 Å². The number of benzene rings is 1. The van der Waals surface area contributed by atoms with E-state index in [1.807, 2.05) is 18.2 Å². The van der Waals surface area contributed by atoms with Crippen LogP contribution in [0.5, 0.6) is 0 Å². The van der Waals surface area contributed by atoms with Gasteiger partial charge in [-0.1, -0.05) is 38.7 Å². The van der Waals surface area contributed by atoms with Crippen LogP contribution in [0.4, 0.5) is 0 Å². The van der Waals surface area contributed by atoms with Crippen LogP contribution in [0.25, 0.3) is 11.0 Å². The summed E-state index contributed by atoms with van der Waals surface area (Å²) in [6.07, 6.45) is 9.34. The highest BCUT2D eigenvalue weighted by Crippen LogP contribution is 2.37. The molecule has 1 aromatic heterocycles. The van der Waals surface area contributed by atoms with Crippen molar-refractivity contribution >= 4 is 34.3 Å². The Morgan fingerprint density at radius 3 is 2.50 bits per heavy atom. The summed E-state index contributed by atoms with van der Waals surface area (Å²) in [5.41, 5.74) is 1.71. The van der Waals surface area contributed by atoms with E-state index in [-0.39, 0.29) is 54.5 Å². The number of Topliss-reactive ketones (excluding diaryl/α,β-unsaturated/α-hetero) is 3. The number of carbonyl (C=O) groups excluding carboxylic acids is 4. The van der Waals surface area contributed by atoms with Crippen LogP contribution >= 0.6 is 0 Å². The van der Waals surface area contributed by atoms with Crippen molar-refractivity contribution in [2.75, 3.05) is 6.61 Å². The number of carbonyl (C=O) groups is 4. The van der Waals surface area contributed by atoms with Crippen molar-refractivity contribution in [3.8, 4) is 0 Å². The van der Waals surface area contributed by atoms with Crippen LogP contribution in [0.1, 0.15) is 90.0 Å². The van der Waals surface area contributed by atoms with Crippen molar-refractivity contribution in [2.24, 2.45) is 23.7 Å². The van der Waals surface area contributed by atoms with Gasteiger partial charge < -0.3 is 20.1 Å². The topological polar surface area (TPSA) is 142 Å². The molecule has 42 heavy (non-hydrogen) atoms. The van der Waals surface area contributed by atoms with Gasteiger partial charge in [-0.3, -0.25) is 19.2 Å². The molecule has 9 heteroatoms. The van der Waals surface area contributed by atoms with Crippen molar-refractivity contribution in [1.29, 1.82) is 0 Å². The maximum absolute atomic E-state index is 13.9. The van der Waals surface area contributed by atoms with E-state index < -0.39 is 23.5 Å². The zero-order valence-corrected chi connectivity index (χ0v) is 24.9. The van der Waals surface area contributed by atoms with E-state index in [1.54, 1.807) is 20.2 Å². The summed E-state index contributed by atoms with van der Waals surface area (Å²) >= 11 is 0. The zero-order chi connectivity index (χ0) is 29.9. The molecule has 0 bridgehead atoms. The first-order valence-corrected chi connectivity index (χ1v) is 15.8. The number of aliphatic hydroxyl groups excluding tert-OH is 1. The lowest BCUT2D eigenvalue weighted by atomic mass is 9.81. The lowest BCUT2D eigenvalue weighted by molar-refractivity contribution is -0.135. The molecule has 2 saturated carbocycles. The second-order valence-corrected chi connectivity index (χ2v) is 13.2. The first-order valence-electron chi connectivity index (χ1n) is 15.8. The zero-order valence-electron chi connectivity index (χ0n) is 24.9. The maximum atomic E-state index is 13.9. The quantitative estimate of drug-likeness (QED) is 0.284. The van der Waals surface area contributed by atoms with E-state index in [1.165, 1.54) is 0 Å². The molecule has 9 nitrogen and oxygen atoms in total. The van der Waals surface area contributed by atoms with Gasteiger partial charge in [0.25, 0.3) is 0 Å². The van der Waals surface area contributed by atoms with E-state index >= 15 is 0 Å². The molecule has 228 valence electrons. The van der Waals surface area contributed by atoms with Gasteiger partial charge in [-0.05, 0) is 69.1 Å². The normalized spacial score (nSPS) is 26.5. The van der Waals surface area contributed by atoms with Crippen molar-refractivity contribution in [1.82, 2.24) is 15.3 Å². The molecule has 1 aliphatic heterocycles. The lowest BCUT2D eigenvalue weighted by Crippen LogP contribution is -2.46. The van der Waals surface area contributed by atoms with E-state index in [4.69, 9.17) is 4.74 Å². The third-order valence-electron chi connectivity index (χ3n) is 9.75. The van der Waals surface area contributed by atoms with Crippen LogP contribution in [0.15, 0.2) is 24.5 Å². The molecule has 0 unspecified atom stereocenters. The molecular formula is C33H45N3O6. The average Bonchev–Trinajstić information content (AvgIpc) is 3.32. The van der Waals surface area contributed by atoms with Crippen molar-refractivity contribution < 1.29 is 29.0 Å². The first kappa shape index (κ1) is 30.5. The molecule has 3 N–H and O–H groups in total.